The van der Waals surface area contributed by atoms with Crippen molar-refractivity contribution in [2.75, 3.05) is 18.9 Å². The molecule has 1 aromatic rings. The van der Waals surface area contributed by atoms with Gasteiger partial charge < -0.3 is 16.4 Å². The van der Waals surface area contributed by atoms with Crippen LogP contribution < -0.4 is 16.4 Å². The van der Waals surface area contributed by atoms with Crippen molar-refractivity contribution in [1.29, 1.82) is 0 Å². The lowest BCUT2D eigenvalue weighted by atomic mass is 10.0. The summed E-state index contributed by atoms with van der Waals surface area (Å²) in [7, 11) is 1.62. The van der Waals surface area contributed by atoms with Crippen LogP contribution in [0.15, 0.2) is 12.4 Å². The van der Waals surface area contributed by atoms with Gasteiger partial charge in [0.05, 0.1) is 11.9 Å². The molecule has 0 saturated heterocycles. The van der Waals surface area contributed by atoms with E-state index in [1.807, 2.05) is 6.20 Å². The predicted octanol–water partition coefficient (Wildman–Crippen LogP) is 0.168. The van der Waals surface area contributed by atoms with Gasteiger partial charge in [-0.25, -0.2) is 0 Å². The van der Waals surface area contributed by atoms with E-state index in [0.717, 1.165) is 18.7 Å². The topological polar surface area (TPSA) is 85.0 Å². The molecule has 0 bridgehead atoms. The molecule has 1 aliphatic rings. The number of likely N-dealkylation sites (N-methyl/N-ethyl adjacent to an activating group) is 1. The van der Waals surface area contributed by atoms with E-state index in [2.05, 4.69) is 15.7 Å². The van der Waals surface area contributed by atoms with Crippen LogP contribution in [-0.4, -0.2) is 35.3 Å². The van der Waals surface area contributed by atoms with Crippen LogP contribution in [0.4, 0.5) is 5.69 Å². The molecular weight excluding hydrogens is 230 g/mol. The van der Waals surface area contributed by atoms with Crippen LogP contribution in [0.1, 0.15) is 19.3 Å². The second-order valence-corrected chi connectivity index (χ2v) is 4.78. The molecule has 1 saturated carbocycles. The molecule has 2 unspecified atom stereocenters. The molecule has 0 aromatic carbocycles. The minimum atomic E-state index is -0.0506. The van der Waals surface area contributed by atoms with E-state index in [1.165, 1.54) is 12.8 Å². The second-order valence-electron chi connectivity index (χ2n) is 4.78. The van der Waals surface area contributed by atoms with Gasteiger partial charge in [-0.3, -0.25) is 9.48 Å². The van der Waals surface area contributed by atoms with Gasteiger partial charge >= 0.3 is 0 Å². The Labute approximate surface area is 107 Å². The third kappa shape index (κ3) is 3.01. The Balaban J connectivity index is 1.92. The van der Waals surface area contributed by atoms with E-state index in [0.29, 0.717) is 12.0 Å². The summed E-state index contributed by atoms with van der Waals surface area (Å²) in [6.07, 6.45) is 7.20. The lowest BCUT2D eigenvalue weighted by Crippen LogP contribution is -2.29. The lowest BCUT2D eigenvalue weighted by Gasteiger charge is -2.19. The molecule has 2 rings (SSSR count). The maximum absolute atomic E-state index is 11.2. The number of carbonyl (C=O) groups excluding carboxylic acids is 1. The number of hydrogen-bond acceptors (Lipinski definition) is 4. The number of nitrogens with one attached hydrogen (secondary N) is 2. The summed E-state index contributed by atoms with van der Waals surface area (Å²) in [5, 5.41) is 10.2. The first-order valence-corrected chi connectivity index (χ1v) is 6.42. The van der Waals surface area contributed by atoms with Crippen molar-refractivity contribution < 1.29 is 4.79 Å². The Morgan fingerprint density at radius 3 is 3.17 bits per heavy atom. The van der Waals surface area contributed by atoms with Gasteiger partial charge in [-0.15, -0.1) is 0 Å². The zero-order valence-corrected chi connectivity index (χ0v) is 10.7. The number of amides is 1. The van der Waals surface area contributed by atoms with Crippen LogP contribution >= 0.6 is 0 Å². The van der Waals surface area contributed by atoms with Gasteiger partial charge in [0.2, 0.25) is 5.91 Å². The lowest BCUT2D eigenvalue weighted by molar-refractivity contribution is -0.121. The van der Waals surface area contributed by atoms with Crippen LogP contribution in [0.2, 0.25) is 0 Å². The first-order chi connectivity index (χ1) is 8.72. The Hall–Kier alpha value is -1.56. The van der Waals surface area contributed by atoms with Gasteiger partial charge in [0.1, 0.15) is 6.54 Å². The van der Waals surface area contributed by atoms with Crippen molar-refractivity contribution in [3.8, 4) is 0 Å². The van der Waals surface area contributed by atoms with Crippen molar-refractivity contribution in [3.63, 3.8) is 0 Å². The normalized spacial score (nSPS) is 23.0. The predicted molar refractivity (Wildman–Crippen MR) is 70.1 cm³/mol. The fourth-order valence-corrected chi connectivity index (χ4v) is 2.47. The summed E-state index contributed by atoms with van der Waals surface area (Å²) in [6, 6.07) is 0.438. The molecule has 1 aliphatic carbocycles. The molecule has 1 fully saturated rings. The Morgan fingerprint density at radius 1 is 1.61 bits per heavy atom. The van der Waals surface area contributed by atoms with Crippen molar-refractivity contribution in [2.45, 2.75) is 31.8 Å². The number of nitrogens with zero attached hydrogens (tertiary/aromatic N) is 2. The molecule has 0 aliphatic heterocycles. The summed E-state index contributed by atoms with van der Waals surface area (Å²) in [6.45, 7) is 0.979. The summed E-state index contributed by atoms with van der Waals surface area (Å²) >= 11 is 0. The van der Waals surface area contributed by atoms with Gasteiger partial charge in [-0.1, -0.05) is 6.42 Å². The van der Waals surface area contributed by atoms with Gasteiger partial charge in [0, 0.05) is 19.3 Å². The molecule has 1 aromatic heterocycles. The highest BCUT2D eigenvalue weighted by atomic mass is 16.1. The van der Waals surface area contributed by atoms with E-state index >= 15 is 0 Å². The molecule has 6 heteroatoms. The monoisotopic (exact) mass is 251 g/mol. The van der Waals surface area contributed by atoms with Crippen molar-refractivity contribution >= 4 is 11.6 Å². The molecular formula is C12H21N5O. The van der Waals surface area contributed by atoms with Gasteiger partial charge in [0.25, 0.3) is 0 Å². The first kappa shape index (κ1) is 12.9. The number of aromatic nitrogens is 2. The Morgan fingerprint density at radius 2 is 2.44 bits per heavy atom. The fourth-order valence-electron chi connectivity index (χ4n) is 2.47. The maximum atomic E-state index is 11.2. The van der Waals surface area contributed by atoms with Gasteiger partial charge in [-0.2, -0.15) is 5.10 Å². The third-order valence-electron chi connectivity index (χ3n) is 3.53. The van der Waals surface area contributed by atoms with Gasteiger partial charge in [-0.05, 0) is 25.3 Å². The van der Waals surface area contributed by atoms with Crippen LogP contribution in [0, 0.1) is 5.92 Å². The van der Waals surface area contributed by atoms with Crippen LogP contribution in [0.25, 0.3) is 0 Å². The summed E-state index contributed by atoms with van der Waals surface area (Å²) in [4.78, 5) is 11.2. The number of hydrogen-bond donors (Lipinski definition) is 3. The van der Waals surface area contributed by atoms with E-state index in [4.69, 9.17) is 5.73 Å². The third-order valence-corrected chi connectivity index (χ3v) is 3.53. The van der Waals surface area contributed by atoms with Crippen molar-refractivity contribution in [2.24, 2.45) is 11.7 Å². The van der Waals surface area contributed by atoms with Crippen LogP contribution in [0.3, 0.4) is 0 Å². The highest BCUT2D eigenvalue weighted by molar-refractivity contribution is 5.75. The standard InChI is InChI=1S/C12H21N5O/c1-14-12(18)8-17-7-10(6-15-17)16-11-4-2-3-9(11)5-13/h6-7,9,11,16H,2-5,8,13H2,1H3,(H,14,18). The molecule has 6 nitrogen and oxygen atoms in total. The zero-order valence-electron chi connectivity index (χ0n) is 10.7. The minimum Gasteiger partial charge on any atom is -0.379 e. The number of anilines is 1. The molecule has 18 heavy (non-hydrogen) atoms. The molecule has 0 spiro atoms. The Bertz CT molecular complexity index is 403. The molecule has 100 valence electrons. The first-order valence-electron chi connectivity index (χ1n) is 6.42. The fraction of sp³-hybridized carbons (Fsp3) is 0.667. The summed E-state index contributed by atoms with van der Waals surface area (Å²) in [5.41, 5.74) is 6.72. The number of carbonyl (C=O) groups is 1. The van der Waals surface area contributed by atoms with Crippen LogP contribution in [-0.2, 0) is 11.3 Å². The molecule has 1 amide bonds. The summed E-state index contributed by atoms with van der Waals surface area (Å²) < 4.78 is 1.63. The van der Waals surface area contributed by atoms with Crippen molar-refractivity contribution in [1.82, 2.24) is 15.1 Å². The second kappa shape index (κ2) is 5.86. The summed E-state index contributed by atoms with van der Waals surface area (Å²) in [5.74, 6) is 0.498. The zero-order chi connectivity index (χ0) is 13.0. The molecule has 2 atom stereocenters. The molecule has 4 N–H and O–H groups in total. The average molecular weight is 251 g/mol. The van der Waals surface area contributed by atoms with E-state index < -0.39 is 0 Å². The Kier molecular flexibility index (Phi) is 4.19. The average Bonchev–Trinajstić information content (AvgIpc) is 2.99. The smallest absolute Gasteiger partial charge is 0.241 e. The van der Waals surface area contributed by atoms with E-state index in [-0.39, 0.29) is 12.5 Å². The molecule has 0 radical (unpaired) electrons. The van der Waals surface area contributed by atoms with Gasteiger partial charge in [0.15, 0.2) is 0 Å². The number of nitrogens with two attached hydrogens (primary N) is 1. The highest BCUT2D eigenvalue weighted by Crippen LogP contribution is 2.27. The maximum Gasteiger partial charge on any atom is 0.241 e. The largest absolute Gasteiger partial charge is 0.379 e. The molecule has 1 heterocycles. The van der Waals surface area contributed by atoms with Crippen LogP contribution in [0.5, 0.6) is 0 Å². The SMILES string of the molecule is CNC(=O)Cn1cc(NC2CCCC2CN)cn1. The quantitative estimate of drug-likeness (QED) is 0.696. The highest BCUT2D eigenvalue weighted by Gasteiger charge is 2.26. The minimum absolute atomic E-state index is 0.0506. The van der Waals surface area contributed by atoms with E-state index in [1.54, 1.807) is 17.9 Å². The number of rotatable bonds is 5. The van der Waals surface area contributed by atoms with Crippen molar-refractivity contribution in [3.05, 3.63) is 12.4 Å². The van der Waals surface area contributed by atoms with E-state index in [9.17, 15) is 4.79 Å².